The van der Waals surface area contributed by atoms with Crippen molar-refractivity contribution in [3.63, 3.8) is 0 Å². The molecule has 0 saturated heterocycles. The lowest BCUT2D eigenvalue weighted by Crippen LogP contribution is -2.13. The molecule has 0 fully saturated rings. The molecule has 5 heteroatoms. The average molecular weight is 368 g/mol. The molecule has 0 aliphatic rings. The van der Waals surface area contributed by atoms with E-state index in [1.54, 1.807) is 18.4 Å². The zero-order chi connectivity index (χ0) is 18.5. The number of unbranched alkanes of at least 4 members (excludes halogenated alkanes) is 1. The van der Waals surface area contributed by atoms with E-state index in [2.05, 4.69) is 54.6 Å². The van der Waals surface area contributed by atoms with Gasteiger partial charge in [-0.1, -0.05) is 31.5 Å². The van der Waals surface area contributed by atoms with Crippen LogP contribution in [0, 0.1) is 0 Å². The Labute approximate surface area is 158 Å². The minimum absolute atomic E-state index is 0.874. The van der Waals surface area contributed by atoms with Crippen LogP contribution in [0.4, 0.5) is 0 Å². The van der Waals surface area contributed by atoms with Crippen molar-refractivity contribution in [2.45, 2.75) is 33.1 Å². The number of benzene rings is 2. The standard InChI is InChI=1S/C21H25N3OS/c1-5-6-7-15(2)23-24-20(14-26-21(24)22-3)18-9-8-17-13-19(25-4)11-10-16(17)12-18/h8-14H,5-7H2,1-4H3. The van der Waals surface area contributed by atoms with Crippen LogP contribution in [0.1, 0.15) is 33.1 Å². The summed E-state index contributed by atoms with van der Waals surface area (Å²) in [5.41, 5.74) is 3.34. The fraction of sp³-hybridized carbons (Fsp3) is 0.333. The Bertz CT molecular complexity index is 998. The summed E-state index contributed by atoms with van der Waals surface area (Å²) in [6.07, 6.45) is 3.35. The normalized spacial score (nSPS) is 12.8. The first-order valence-corrected chi connectivity index (χ1v) is 9.80. The maximum Gasteiger partial charge on any atom is 0.205 e. The third kappa shape index (κ3) is 3.88. The predicted octanol–water partition coefficient (Wildman–Crippen LogP) is 5.32. The molecule has 0 radical (unpaired) electrons. The zero-order valence-corrected chi connectivity index (χ0v) is 16.6. The van der Waals surface area contributed by atoms with Gasteiger partial charge >= 0.3 is 0 Å². The predicted molar refractivity (Wildman–Crippen MR) is 111 cm³/mol. The molecule has 0 N–H and O–H groups in total. The van der Waals surface area contributed by atoms with Gasteiger partial charge in [0.25, 0.3) is 0 Å². The molecule has 0 aliphatic heterocycles. The Morgan fingerprint density at radius 2 is 1.92 bits per heavy atom. The van der Waals surface area contributed by atoms with Gasteiger partial charge in [0.2, 0.25) is 4.80 Å². The molecular formula is C21H25N3OS. The first-order chi connectivity index (χ1) is 12.7. The Kier molecular flexibility index (Phi) is 5.89. The molecule has 0 aliphatic carbocycles. The number of ether oxygens (including phenoxy) is 1. The van der Waals surface area contributed by atoms with Crippen molar-refractivity contribution in [3.05, 3.63) is 46.6 Å². The molecule has 4 nitrogen and oxygen atoms in total. The van der Waals surface area contributed by atoms with Gasteiger partial charge in [-0.05, 0) is 48.7 Å². The molecular weight excluding hydrogens is 342 g/mol. The topological polar surface area (TPSA) is 38.9 Å². The van der Waals surface area contributed by atoms with Crippen molar-refractivity contribution in [2.75, 3.05) is 14.2 Å². The third-order valence-electron chi connectivity index (χ3n) is 4.38. The molecule has 136 valence electrons. The van der Waals surface area contributed by atoms with Crippen LogP contribution >= 0.6 is 11.3 Å². The second kappa shape index (κ2) is 8.32. The number of nitrogens with zero attached hydrogens (tertiary/aromatic N) is 3. The van der Waals surface area contributed by atoms with Crippen molar-refractivity contribution in [1.29, 1.82) is 0 Å². The molecule has 2 aromatic carbocycles. The van der Waals surface area contributed by atoms with Gasteiger partial charge in [-0.25, -0.2) is 4.68 Å². The number of hydrogen-bond acceptors (Lipinski definition) is 4. The highest BCUT2D eigenvalue weighted by Crippen LogP contribution is 2.27. The summed E-state index contributed by atoms with van der Waals surface area (Å²) in [5.74, 6) is 0.874. The molecule has 3 aromatic rings. The van der Waals surface area contributed by atoms with Crippen LogP contribution in [0.3, 0.4) is 0 Å². The molecule has 0 bridgehead atoms. The molecule has 0 unspecified atom stereocenters. The number of fused-ring (bicyclic) bond motifs is 1. The molecule has 0 amide bonds. The Morgan fingerprint density at radius 3 is 2.65 bits per heavy atom. The Hall–Kier alpha value is -2.40. The summed E-state index contributed by atoms with van der Waals surface area (Å²) in [6.45, 7) is 4.30. The largest absolute Gasteiger partial charge is 0.497 e. The van der Waals surface area contributed by atoms with Gasteiger partial charge in [-0.2, -0.15) is 5.10 Å². The van der Waals surface area contributed by atoms with Crippen molar-refractivity contribution >= 4 is 27.8 Å². The number of methoxy groups -OCH3 is 1. The first kappa shape index (κ1) is 18.4. The summed E-state index contributed by atoms with van der Waals surface area (Å²) in [6, 6.07) is 12.6. The van der Waals surface area contributed by atoms with Gasteiger partial charge in [-0.15, -0.1) is 11.3 Å². The summed E-state index contributed by atoms with van der Waals surface area (Å²) in [4.78, 5) is 5.30. The highest BCUT2D eigenvalue weighted by Gasteiger charge is 2.09. The fourth-order valence-corrected chi connectivity index (χ4v) is 3.71. The van der Waals surface area contributed by atoms with Crippen LogP contribution in [-0.4, -0.2) is 24.5 Å². The van der Waals surface area contributed by atoms with E-state index in [1.165, 1.54) is 11.8 Å². The average Bonchev–Trinajstić information content (AvgIpc) is 3.07. The van der Waals surface area contributed by atoms with E-state index in [0.717, 1.165) is 45.7 Å². The third-order valence-corrected chi connectivity index (χ3v) is 5.29. The Morgan fingerprint density at radius 1 is 1.15 bits per heavy atom. The quantitative estimate of drug-likeness (QED) is 0.543. The number of hydrogen-bond donors (Lipinski definition) is 0. The second-order valence-electron chi connectivity index (χ2n) is 6.31. The van der Waals surface area contributed by atoms with Gasteiger partial charge in [0.15, 0.2) is 0 Å². The molecule has 26 heavy (non-hydrogen) atoms. The fourth-order valence-electron chi connectivity index (χ4n) is 2.91. The summed E-state index contributed by atoms with van der Waals surface area (Å²) >= 11 is 1.62. The minimum atomic E-state index is 0.874. The van der Waals surface area contributed by atoms with Crippen molar-refractivity contribution in [2.24, 2.45) is 10.1 Å². The lowest BCUT2D eigenvalue weighted by molar-refractivity contribution is 0.415. The smallest absolute Gasteiger partial charge is 0.205 e. The molecule has 0 spiro atoms. The molecule has 1 aromatic heterocycles. The van der Waals surface area contributed by atoms with Crippen molar-refractivity contribution in [1.82, 2.24) is 4.68 Å². The van der Waals surface area contributed by atoms with E-state index < -0.39 is 0 Å². The van der Waals surface area contributed by atoms with E-state index in [-0.39, 0.29) is 0 Å². The number of thiazole rings is 1. The van der Waals surface area contributed by atoms with Gasteiger partial charge < -0.3 is 4.74 Å². The highest BCUT2D eigenvalue weighted by molar-refractivity contribution is 7.07. The molecule has 0 atom stereocenters. The summed E-state index contributed by atoms with van der Waals surface area (Å²) in [7, 11) is 3.51. The van der Waals surface area contributed by atoms with E-state index >= 15 is 0 Å². The van der Waals surface area contributed by atoms with E-state index in [9.17, 15) is 0 Å². The number of rotatable bonds is 6. The van der Waals surface area contributed by atoms with E-state index in [0.29, 0.717) is 0 Å². The maximum absolute atomic E-state index is 5.32. The van der Waals surface area contributed by atoms with Crippen molar-refractivity contribution < 1.29 is 4.74 Å². The van der Waals surface area contributed by atoms with Gasteiger partial charge in [-0.3, -0.25) is 4.99 Å². The SMILES string of the molecule is CCCCC(C)=Nn1c(-c2ccc3cc(OC)ccc3c2)csc1=NC. The summed E-state index contributed by atoms with van der Waals surface area (Å²) in [5, 5.41) is 9.32. The minimum Gasteiger partial charge on any atom is -0.497 e. The van der Waals surface area contributed by atoms with Crippen LogP contribution in [0.25, 0.3) is 22.0 Å². The Balaban J connectivity index is 2.06. The highest BCUT2D eigenvalue weighted by atomic mass is 32.1. The van der Waals surface area contributed by atoms with Crippen LogP contribution in [-0.2, 0) is 0 Å². The molecule has 1 heterocycles. The van der Waals surface area contributed by atoms with Gasteiger partial charge in [0.1, 0.15) is 5.75 Å². The summed E-state index contributed by atoms with van der Waals surface area (Å²) < 4.78 is 7.29. The molecule has 0 saturated carbocycles. The van der Waals surface area contributed by atoms with E-state index in [4.69, 9.17) is 9.84 Å². The first-order valence-electron chi connectivity index (χ1n) is 8.92. The second-order valence-corrected chi connectivity index (χ2v) is 7.14. The lowest BCUT2D eigenvalue weighted by atomic mass is 10.1. The monoisotopic (exact) mass is 367 g/mol. The van der Waals surface area contributed by atoms with Crippen LogP contribution in [0.15, 0.2) is 51.9 Å². The van der Waals surface area contributed by atoms with Gasteiger partial charge in [0, 0.05) is 23.7 Å². The maximum atomic E-state index is 5.32. The lowest BCUT2D eigenvalue weighted by Gasteiger charge is -2.08. The zero-order valence-electron chi connectivity index (χ0n) is 15.8. The van der Waals surface area contributed by atoms with Crippen molar-refractivity contribution in [3.8, 4) is 17.0 Å². The van der Waals surface area contributed by atoms with Crippen LogP contribution in [0.2, 0.25) is 0 Å². The van der Waals surface area contributed by atoms with Gasteiger partial charge in [0.05, 0.1) is 12.8 Å². The number of aromatic nitrogens is 1. The van der Waals surface area contributed by atoms with E-state index in [1.807, 2.05) is 17.8 Å². The van der Waals surface area contributed by atoms with Crippen LogP contribution in [0.5, 0.6) is 5.75 Å². The van der Waals surface area contributed by atoms with Crippen LogP contribution < -0.4 is 9.54 Å². The molecule has 3 rings (SSSR count).